The Balaban J connectivity index is 2.14. The van der Waals surface area contributed by atoms with Crippen molar-refractivity contribution in [2.45, 2.75) is 37.6 Å². The second-order valence-electron chi connectivity index (χ2n) is 6.35. The summed E-state index contributed by atoms with van der Waals surface area (Å²) in [6.07, 6.45) is 0. The first kappa shape index (κ1) is 18.3. The molecule has 0 radical (unpaired) electrons. The number of halogens is 2. The molecule has 0 amide bonds. The summed E-state index contributed by atoms with van der Waals surface area (Å²) in [6.45, 7) is 6.40. The van der Waals surface area contributed by atoms with Gasteiger partial charge in [0.2, 0.25) is 10.0 Å². The number of rotatable bonds is 4. The zero-order chi connectivity index (χ0) is 17.3. The number of benzene rings is 2. The summed E-state index contributed by atoms with van der Waals surface area (Å²) < 4.78 is 27.3. The van der Waals surface area contributed by atoms with Crippen molar-refractivity contribution in [2.75, 3.05) is 0 Å². The second-order valence-corrected chi connectivity index (χ2v) is 8.93. The number of hydrogen-bond donors (Lipinski definition) is 1. The molecule has 0 saturated heterocycles. The van der Waals surface area contributed by atoms with E-state index >= 15 is 0 Å². The minimum absolute atomic E-state index is 0.0181. The quantitative estimate of drug-likeness (QED) is 0.840. The van der Waals surface area contributed by atoms with Gasteiger partial charge in [0.1, 0.15) is 0 Å². The normalized spacial score (nSPS) is 12.4. The van der Waals surface area contributed by atoms with Gasteiger partial charge < -0.3 is 0 Å². The van der Waals surface area contributed by atoms with Crippen LogP contribution in [0, 0.1) is 0 Å². The van der Waals surface area contributed by atoms with Crippen LogP contribution in [0.5, 0.6) is 0 Å². The van der Waals surface area contributed by atoms with Gasteiger partial charge in [-0.2, -0.15) is 0 Å². The molecule has 23 heavy (non-hydrogen) atoms. The van der Waals surface area contributed by atoms with E-state index in [9.17, 15) is 8.42 Å². The Bertz CT molecular complexity index is 794. The van der Waals surface area contributed by atoms with Gasteiger partial charge in [0.05, 0.1) is 14.9 Å². The van der Waals surface area contributed by atoms with E-state index in [2.05, 4.69) is 25.5 Å². The molecule has 0 aliphatic rings. The molecule has 124 valence electrons. The highest BCUT2D eigenvalue weighted by molar-refractivity contribution is 7.89. The number of sulfonamides is 1. The van der Waals surface area contributed by atoms with Crippen LogP contribution in [0.2, 0.25) is 10.0 Å². The first-order chi connectivity index (χ1) is 10.6. The fourth-order valence-electron chi connectivity index (χ4n) is 2.05. The largest absolute Gasteiger partial charge is 0.240 e. The van der Waals surface area contributed by atoms with Crippen LogP contribution in [0.3, 0.4) is 0 Å². The Morgan fingerprint density at radius 2 is 1.57 bits per heavy atom. The molecule has 0 spiro atoms. The third kappa shape index (κ3) is 4.70. The summed E-state index contributed by atoms with van der Waals surface area (Å²) in [4.78, 5) is 0.241. The molecule has 2 aromatic carbocycles. The molecule has 2 aromatic rings. The lowest BCUT2D eigenvalue weighted by Gasteiger charge is -2.19. The van der Waals surface area contributed by atoms with Crippen LogP contribution >= 0.6 is 23.2 Å². The highest BCUT2D eigenvalue weighted by atomic mass is 35.5. The highest BCUT2D eigenvalue weighted by Crippen LogP contribution is 2.24. The molecule has 0 atom stereocenters. The summed E-state index contributed by atoms with van der Waals surface area (Å²) in [5, 5.41) is 0.842. The van der Waals surface area contributed by atoms with E-state index in [0.717, 1.165) is 11.1 Å². The summed E-state index contributed by atoms with van der Waals surface area (Å²) >= 11 is 11.8. The Morgan fingerprint density at radius 3 is 2.09 bits per heavy atom. The van der Waals surface area contributed by atoms with E-state index in [0.29, 0.717) is 10.0 Å². The van der Waals surface area contributed by atoms with E-state index in [1.807, 2.05) is 12.1 Å². The van der Waals surface area contributed by atoms with Crippen LogP contribution in [-0.2, 0) is 22.0 Å². The molecule has 6 heteroatoms. The highest BCUT2D eigenvalue weighted by Gasteiger charge is 2.17. The van der Waals surface area contributed by atoms with Gasteiger partial charge in [-0.3, -0.25) is 0 Å². The third-order valence-corrected chi connectivity index (χ3v) is 5.64. The van der Waals surface area contributed by atoms with Crippen molar-refractivity contribution in [3.05, 3.63) is 63.6 Å². The fraction of sp³-hybridized carbons (Fsp3) is 0.294. The van der Waals surface area contributed by atoms with E-state index in [4.69, 9.17) is 23.2 Å². The minimum Gasteiger partial charge on any atom is -0.207 e. The van der Waals surface area contributed by atoms with Gasteiger partial charge in [0.25, 0.3) is 0 Å². The molecule has 0 saturated carbocycles. The standard InChI is InChI=1S/C17H19Cl2NO2S/c1-17(2,3)13-5-7-14(8-6-13)23(21,22)20-11-12-4-9-15(18)16(19)10-12/h4-10,20H,11H2,1-3H3. The molecule has 1 N–H and O–H groups in total. The summed E-state index contributed by atoms with van der Waals surface area (Å²) in [5.41, 5.74) is 1.81. The van der Waals surface area contributed by atoms with Crippen molar-refractivity contribution in [1.82, 2.24) is 4.72 Å². The Labute approximate surface area is 147 Å². The molecule has 0 bridgehead atoms. The molecule has 0 fully saturated rings. The maximum absolute atomic E-state index is 12.3. The van der Waals surface area contributed by atoms with Gasteiger partial charge in [-0.25, -0.2) is 13.1 Å². The van der Waals surface area contributed by atoms with Crippen molar-refractivity contribution < 1.29 is 8.42 Å². The zero-order valence-electron chi connectivity index (χ0n) is 13.2. The smallest absolute Gasteiger partial charge is 0.207 e. The minimum atomic E-state index is -3.57. The Morgan fingerprint density at radius 1 is 0.957 bits per heavy atom. The zero-order valence-corrected chi connectivity index (χ0v) is 15.6. The number of nitrogens with one attached hydrogen (secondary N) is 1. The molecule has 0 heterocycles. The van der Waals surface area contributed by atoms with E-state index in [-0.39, 0.29) is 16.9 Å². The lowest BCUT2D eigenvalue weighted by Crippen LogP contribution is -2.23. The predicted octanol–water partition coefficient (Wildman–Crippen LogP) is 4.77. The Hall–Kier alpha value is -1.07. The summed E-state index contributed by atoms with van der Waals surface area (Å²) in [6, 6.07) is 12.0. The van der Waals surface area contributed by atoms with Gasteiger partial charge >= 0.3 is 0 Å². The first-order valence-corrected chi connectivity index (χ1v) is 9.38. The topological polar surface area (TPSA) is 46.2 Å². The van der Waals surface area contributed by atoms with Crippen LogP contribution < -0.4 is 4.72 Å². The molecule has 2 rings (SSSR count). The van der Waals surface area contributed by atoms with E-state index < -0.39 is 10.0 Å². The molecule has 3 nitrogen and oxygen atoms in total. The second kappa shape index (κ2) is 6.81. The third-order valence-electron chi connectivity index (χ3n) is 3.48. The maximum Gasteiger partial charge on any atom is 0.240 e. The van der Waals surface area contributed by atoms with Crippen molar-refractivity contribution in [2.24, 2.45) is 0 Å². The number of hydrogen-bond acceptors (Lipinski definition) is 2. The van der Waals surface area contributed by atoms with Crippen molar-refractivity contribution in [3.8, 4) is 0 Å². The summed E-state index contributed by atoms with van der Waals surface area (Å²) in [7, 11) is -3.57. The lowest BCUT2D eigenvalue weighted by atomic mass is 9.87. The van der Waals surface area contributed by atoms with Crippen molar-refractivity contribution in [3.63, 3.8) is 0 Å². The SMILES string of the molecule is CC(C)(C)c1ccc(S(=O)(=O)NCc2ccc(Cl)c(Cl)c2)cc1. The molecule has 0 aromatic heterocycles. The lowest BCUT2D eigenvalue weighted by molar-refractivity contribution is 0.578. The molecule has 0 unspecified atom stereocenters. The maximum atomic E-state index is 12.3. The van der Waals surface area contributed by atoms with Crippen molar-refractivity contribution in [1.29, 1.82) is 0 Å². The van der Waals surface area contributed by atoms with Gasteiger partial charge in [-0.15, -0.1) is 0 Å². The fourth-order valence-corrected chi connectivity index (χ4v) is 3.38. The molecular weight excluding hydrogens is 353 g/mol. The average Bonchev–Trinajstić information content (AvgIpc) is 2.48. The predicted molar refractivity (Wildman–Crippen MR) is 95.6 cm³/mol. The van der Waals surface area contributed by atoms with Gasteiger partial charge in [0, 0.05) is 6.54 Å². The van der Waals surface area contributed by atoms with E-state index in [1.165, 1.54) is 0 Å². The van der Waals surface area contributed by atoms with Crippen LogP contribution in [0.25, 0.3) is 0 Å². The van der Waals surface area contributed by atoms with Gasteiger partial charge in [0.15, 0.2) is 0 Å². The molecule has 0 aliphatic heterocycles. The van der Waals surface area contributed by atoms with E-state index in [1.54, 1.807) is 30.3 Å². The Kier molecular flexibility index (Phi) is 5.41. The molecular formula is C17H19Cl2NO2S. The monoisotopic (exact) mass is 371 g/mol. The first-order valence-electron chi connectivity index (χ1n) is 7.14. The summed E-state index contributed by atoms with van der Waals surface area (Å²) in [5.74, 6) is 0. The van der Waals surface area contributed by atoms with Crippen molar-refractivity contribution >= 4 is 33.2 Å². The van der Waals surface area contributed by atoms with Crippen LogP contribution in [-0.4, -0.2) is 8.42 Å². The molecule has 0 aliphatic carbocycles. The van der Waals surface area contributed by atoms with Crippen LogP contribution in [0.15, 0.2) is 47.4 Å². The van der Waals surface area contributed by atoms with Gasteiger partial charge in [-0.1, -0.05) is 62.2 Å². The van der Waals surface area contributed by atoms with Crippen LogP contribution in [0.1, 0.15) is 31.9 Å². The van der Waals surface area contributed by atoms with Gasteiger partial charge in [-0.05, 0) is 40.8 Å². The average molecular weight is 372 g/mol. The van der Waals surface area contributed by atoms with Crippen LogP contribution in [0.4, 0.5) is 0 Å².